The zero-order valence-electron chi connectivity index (χ0n) is 16.6. The van der Waals surface area contributed by atoms with Gasteiger partial charge in [-0.1, -0.05) is 0 Å². The number of aromatic nitrogens is 2. The van der Waals surface area contributed by atoms with Gasteiger partial charge in [0.2, 0.25) is 5.88 Å². The summed E-state index contributed by atoms with van der Waals surface area (Å²) in [7, 11) is 3.71. The summed E-state index contributed by atoms with van der Waals surface area (Å²) >= 11 is 0. The van der Waals surface area contributed by atoms with E-state index in [0.717, 1.165) is 31.3 Å². The van der Waals surface area contributed by atoms with Crippen LogP contribution in [0.2, 0.25) is 0 Å². The van der Waals surface area contributed by atoms with Gasteiger partial charge in [-0.3, -0.25) is 4.79 Å². The maximum atomic E-state index is 12.5. The van der Waals surface area contributed by atoms with Crippen LogP contribution in [-0.4, -0.2) is 54.1 Å². The van der Waals surface area contributed by atoms with Gasteiger partial charge in [0.1, 0.15) is 17.7 Å². The number of benzene rings is 1. The molecule has 29 heavy (non-hydrogen) atoms. The lowest BCUT2D eigenvalue weighted by Crippen LogP contribution is -2.35. The molecule has 0 atom stereocenters. The summed E-state index contributed by atoms with van der Waals surface area (Å²) in [5.74, 6) is 1.48. The molecule has 4 rings (SSSR count). The largest absolute Gasteiger partial charge is 0.497 e. The van der Waals surface area contributed by atoms with Crippen molar-refractivity contribution < 1.29 is 14.3 Å². The summed E-state index contributed by atoms with van der Waals surface area (Å²) in [5.41, 5.74) is 1.07. The minimum atomic E-state index is -0.238. The van der Waals surface area contributed by atoms with E-state index >= 15 is 0 Å². The topological polar surface area (TPSA) is 76.6 Å². The Labute approximate surface area is 169 Å². The highest BCUT2D eigenvalue weighted by Gasteiger charge is 2.18. The first-order valence-corrected chi connectivity index (χ1v) is 9.69. The van der Waals surface area contributed by atoms with Crippen LogP contribution in [0.5, 0.6) is 11.6 Å². The predicted octanol–water partition coefficient (Wildman–Crippen LogP) is 3.36. The number of amides is 1. The van der Waals surface area contributed by atoms with Crippen molar-refractivity contribution in [2.24, 2.45) is 0 Å². The van der Waals surface area contributed by atoms with Gasteiger partial charge < -0.3 is 19.7 Å². The molecule has 1 amide bonds. The van der Waals surface area contributed by atoms with Crippen molar-refractivity contribution in [1.82, 2.24) is 14.9 Å². The Morgan fingerprint density at radius 3 is 2.48 bits per heavy atom. The second-order valence-electron chi connectivity index (χ2n) is 7.20. The lowest BCUT2D eigenvalue weighted by atomic mass is 10.1. The smallest absolute Gasteiger partial charge is 0.256 e. The normalized spacial score (nSPS) is 15.2. The van der Waals surface area contributed by atoms with E-state index in [4.69, 9.17) is 9.47 Å². The number of nitrogens with zero attached hydrogens (tertiary/aromatic N) is 3. The number of methoxy groups -OCH3 is 1. The van der Waals surface area contributed by atoms with E-state index in [1.54, 1.807) is 37.4 Å². The summed E-state index contributed by atoms with van der Waals surface area (Å²) in [4.78, 5) is 23.8. The van der Waals surface area contributed by atoms with Gasteiger partial charge in [0.15, 0.2) is 5.65 Å². The number of likely N-dealkylation sites (tertiary alicyclic amines) is 1. The van der Waals surface area contributed by atoms with Crippen molar-refractivity contribution in [1.29, 1.82) is 0 Å². The standard InChI is InChI=1S/C22H24N4O3/c1-26-13-11-18(12-14-26)29-20-10-6-15-5-9-19(23-21(15)25-20)24-22(27)16-3-7-17(28-2)8-4-16/h3-10,18H,11-14H2,1-2H3,(H,23,24,25,27). The number of piperidine rings is 1. The summed E-state index contributed by atoms with van der Waals surface area (Å²) < 4.78 is 11.2. The molecule has 7 heteroatoms. The van der Waals surface area contributed by atoms with Crippen LogP contribution >= 0.6 is 0 Å². The van der Waals surface area contributed by atoms with Crippen LogP contribution in [0.1, 0.15) is 23.2 Å². The van der Waals surface area contributed by atoms with Gasteiger partial charge in [-0.05, 0) is 62.4 Å². The maximum Gasteiger partial charge on any atom is 0.256 e. The molecular formula is C22H24N4O3. The van der Waals surface area contributed by atoms with Gasteiger partial charge in [0.25, 0.3) is 5.91 Å². The average Bonchev–Trinajstić information content (AvgIpc) is 2.75. The number of rotatable bonds is 5. The van der Waals surface area contributed by atoms with E-state index in [9.17, 15) is 4.79 Å². The second-order valence-corrected chi connectivity index (χ2v) is 7.20. The van der Waals surface area contributed by atoms with Crippen LogP contribution in [-0.2, 0) is 0 Å². The van der Waals surface area contributed by atoms with Gasteiger partial charge in [-0.15, -0.1) is 0 Å². The molecule has 0 aliphatic carbocycles. The van der Waals surface area contributed by atoms with Crippen molar-refractivity contribution in [3.8, 4) is 11.6 Å². The van der Waals surface area contributed by atoms with Crippen LogP contribution < -0.4 is 14.8 Å². The summed E-state index contributed by atoms with van der Waals surface area (Å²) in [5, 5.41) is 3.71. The quantitative estimate of drug-likeness (QED) is 0.718. The van der Waals surface area contributed by atoms with E-state index in [0.29, 0.717) is 28.7 Å². The molecule has 1 aliphatic heterocycles. The Kier molecular flexibility index (Phi) is 5.57. The number of anilines is 1. The number of hydrogen-bond donors (Lipinski definition) is 1. The molecule has 1 saturated heterocycles. The van der Waals surface area contributed by atoms with E-state index in [2.05, 4.69) is 27.2 Å². The van der Waals surface area contributed by atoms with Crippen LogP contribution in [0.25, 0.3) is 11.0 Å². The molecule has 7 nitrogen and oxygen atoms in total. The monoisotopic (exact) mass is 392 g/mol. The predicted molar refractivity (Wildman–Crippen MR) is 112 cm³/mol. The van der Waals surface area contributed by atoms with Crippen molar-refractivity contribution in [2.75, 3.05) is 32.6 Å². The van der Waals surface area contributed by atoms with Crippen LogP contribution in [0.3, 0.4) is 0 Å². The van der Waals surface area contributed by atoms with Gasteiger partial charge in [-0.25, -0.2) is 4.98 Å². The first-order chi connectivity index (χ1) is 14.1. The highest BCUT2D eigenvalue weighted by Crippen LogP contribution is 2.21. The third kappa shape index (κ3) is 4.63. The SMILES string of the molecule is COc1ccc(C(=O)Nc2ccc3ccc(OC4CCN(C)CC4)nc3n2)cc1. The van der Waals surface area contributed by atoms with Gasteiger partial charge in [0.05, 0.1) is 7.11 Å². The first-order valence-electron chi connectivity index (χ1n) is 9.69. The molecule has 3 aromatic rings. The fraction of sp³-hybridized carbons (Fsp3) is 0.318. The zero-order chi connectivity index (χ0) is 20.2. The molecule has 1 fully saturated rings. The molecule has 1 N–H and O–H groups in total. The van der Waals surface area contributed by atoms with Crippen LogP contribution in [0, 0.1) is 0 Å². The van der Waals surface area contributed by atoms with Gasteiger partial charge >= 0.3 is 0 Å². The maximum absolute atomic E-state index is 12.5. The lowest BCUT2D eigenvalue weighted by Gasteiger charge is -2.28. The van der Waals surface area contributed by atoms with Crippen molar-refractivity contribution in [2.45, 2.75) is 18.9 Å². The highest BCUT2D eigenvalue weighted by molar-refractivity contribution is 6.04. The average molecular weight is 392 g/mol. The molecule has 3 heterocycles. The first kappa shape index (κ1) is 19.1. The number of pyridine rings is 2. The fourth-order valence-electron chi connectivity index (χ4n) is 3.32. The van der Waals surface area contributed by atoms with Gasteiger partial charge in [-0.2, -0.15) is 4.98 Å². The van der Waals surface area contributed by atoms with E-state index < -0.39 is 0 Å². The Morgan fingerprint density at radius 1 is 1.03 bits per heavy atom. The second kappa shape index (κ2) is 8.45. The Morgan fingerprint density at radius 2 is 1.76 bits per heavy atom. The molecule has 150 valence electrons. The lowest BCUT2D eigenvalue weighted by molar-refractivity contribution is 0.102. The molecule has 1 aromatic carbocycles. The minimum absolute atomic E-state index is 0.175. The number of carbonyl (C=O) groups excluding carboxylic acids is 1. The van der Waals surface area contributed by atoms with Crippen molar-refractivity contribution in [3.05, 3.63) is 54.1 Å². The number of hydrogen-bond acceptors (Lipinski definition) is 6. The Hall–Kier alpha value is -3.19. The fourth-order valence-corrected chi connectivity index (χ4v) is 3.32. The molecule has 1 aliphatic rings. The molecule has 0 spiro atoms. The van der Waals surface area contributed by atoms with Gasteiger partial charge in [0, 0.05) is 30.1 Å². The number of fused-ring (bicyclic) bond motifs is 1. The number of ether oxygens (including phenoxy) is 2. The van der Waals surface area contributed by atoms with E-state index in [-0.39, 0.29) is 12.0 Å². The highest BCUT2D eigenvalue weighted by atomic mass is 16.5. The Bertz CT molecular complexity index is 999. The summed E-state index contributed by atoms with van der Waals surface area (Å²) in [6, 6.07) is 14.4. The Balaban J connectivity index is 1.47. The third-order valence-corrected chi connectivity index (χ3v) is 5.07. The minimum Gasteiger partial charge on any atom is -0.497 e. The summed E-state index contributed by atoms with van der Waals surface area (Å²) in [6.45, 7) is 2.05. The number of nitrogens with one attached hydrogen (secondary N) is 1. The van der Waals surface area contributed by atoms with E-state index in [1.165, 1.54) is 0 Å². The molecule has 0 unspecified atom stereocenters. The molecule has 2 aromatic heterocycles. The summed E-state index contributed by atoms with van der Waals surface area (Å²) in [6.07, 6.45) is 2.15. The van der Waals surface area contributed by atoms with E-state index in [1.807, 2.05) is 18.2 Å². The molecule has 0 saturated carbocycles. The van der Waals surface area contributed by atoms with Crippen molar-refractivity contribution in [3.63, 3.8) is 0 Å². The third-order valence-electron chi connectivity index (χ3n) is 5.07. The van der Waals surface area contributed by atoms with Crippen molar-refractivity contribution >= 4 is 22.8 Å². The number of carbonyl (C=O) groups is 1. The molecule has 0 radical (unpaired) electrons. The molecular weight excluding hydrogens is 368 g/mol. The van der Waals surface area contributed by atoms with Crippen LogP contribution in [0.4, 0.5) is 5.82 Å². The zero-order valence-corrected chi connectivity index (χ0v) is 16.6. The molecule has 0 bridgehead atoms. The van der Waals surface area contributed by atoms with Crippen LogP contribution in [0.15, 0.2) is 48.5 Å².